The van der Waals surface area contributed by atoms with Crippen LogP contribution in [0.3, 0.4) is 0 Å². The Bertz CT molecular complexity index is 615. The molecule has 0 unspecified atom stereocenters. The maximum Gasteiger partial charge on any atom is 0.175 e. The summed E-state index contributed by atoms with van der Waals surface area (Å²) in [6.07, 6.45) is 1.91. The lowest BCUT2D eigenvalue weighted by Gasteiger charge is -2.20. The Morgan fingerprint density at radius 3 is 2.95 bits per heavy atom. The van der Waals surface area contributed by atoms with Crippen LogP contribution in [-0.4, -0.2) is 18.2 Å². The zero-order valence-corrected chi connectivity index (χ0v) is 13.5. The van der Waals surface area contributed by atoms with Crippen LogP contribution in [-0.2, 0) is 13.1 Å². The molecule has 3 rings (SSSR count). The number of nitrogens with one attached hydrogen (secondary N) is 1. The second-order valence-electron chi connectivity index (χ2n) is 4.57. The highest BCUT2D eigenvalue weighted by atomic mass is 79.9. The van der Waals surface area contributed by atoms with E-state index in [1.165, 1.54) is 4.88 Å². The van der Waals surface area contributed by atoms with Crippen molar-refractivity contribution in [1.29, 1.82) is 0 Å². The summed E-state index contributed by atoms with van der Waals surface area (Å²) >= 11 is 5.25. The molecule has 0 aliphatic carbocycles. The van der Waals surface area contributed by atoms with Crippen molar-refractivity contribution in [1.82, 2.24) is 10.3 Å². The van der Waals surface area contributed by atoms with Gasteiger partial charge in [0.05, 0.1) is 4.47 Å². The molecule has 4 nitrogen and oxygen atoms in total. The smallest absolute Gasteiger partial charge is 0.175 e. The quantitative estimate of drug-likeness (QED) is 0.914. The average molecular weight is 355 g/mol. The molecule has 0 saturated carbocycles. The van der Waals surface area contributed by atoms with Gasteiger partial charge in [0.1, 0.15) is 18.2 Å². The van der Waals surface area contributed by atoms with Gasteiger partial charge in [0, 0.05) is 24.2 Å². The van der Waals surface area contributed by atoms with E-state index in [0.29, 0.717) is 13.2 Å². The molecule has 20 heavy (non-hydrogen) atoms. The molecule has 0 radical (unpaired) electrons. The standard InChI is InChI=1S/C14H15BrN2O2S/c1-9-6-17-13(20-9)8-16-7-10-4-11(15)14-12(5-10)18-2-3-19-14/h4-6,16H,2-3,7-8H2,1H3. The van der Waals surface area contributed by atoms with Crippen LogP contribution < -0.4 is 14.8 Å². The fourth-order valence-corrected chi connectivity index (χ4v) is 3.42. The number of fused-ring (bicyclic) bond motifs is 1. The molecule has 2 aromatic rings. The molecule has 1 aliphatic rings. The van der Waals surface area contributed by atoms with Gasteiger partial charge in [-0.25, -0.2) is 4.98 Å². The van der Waals surface area contributed by atoms with Crippen LogP contribution in [0.5, 0.6) is 11.5 Å². The fourth-order valence-electron chi connectivity index (χ4n) is 2.06. The van der Waals surface area contributed by atoms with Crippen molar-refractivity contribution in [2.24, 2.45) is 0 Å². The Morgan fingerprint density at radius 2 is 2.15 bits per heavy atom. The minimum atomic E-state index is 0.604. The Balaban J connectivity index is 1.64. The van der Waals surface area contributed by atoms with E-state index in [0.717, 1.165) is 39.6 Å². The molecule has 0 saturated heterocycles. The predicted octanol–water partition coefficient (Wildman–Crippen LogP) is 3.28. The molecule has 1 aromatic heterocycles. The molecule has 0 spiro atoms. The first kappa shape index (κ1) is 13.9. The topological polar surface area (TPSA) is 43.4 Å². The van der Waals surface area contributed by atoms with E-state index in [-0.39, 0.29) is 0 Å². The molecule has 6 heteroatoms. The minimum Gasteiger partial charge on any atom is -0.486 e. The maximum atomic E-state index is 5.62. The third-order valence-electron chi connectivity index (χ3n) is 2.93. The van der Waals surface area contributed by atoms with Crippen molar-refractivity contribution in [2.75, 3.05) is 13.2 Å². The summed E-state index contributed by atoms with van der Waals surface area (Å²) in [7, 11) is 0. The lowest BCUT2D eigenvalue weighted by atomic mass is 10.2. The molecule has 1 N–H and O–H groups in total. The summed E-state index contributed by atoms with van der Waals surface area (Å²) in [5.74, 6) is 1.61. The second kappa shape index (κ2) is 6.11. The lowest BCUT2D eigenvalue weighted by Crippen LogP contribution is -2.17. The first-order chi connectivity index (χ1) is 9.72. The molecule has 2 heterocycles. The van der Waals surface area contributed by atoms with Crippen LogP contribution in [0.2, 0.25) is 0 Å². The summed E-state index contributed by atoms with van der Waals surface area (Å²) in [4.78, 5) is 5.58. The Kier molecular flexibility index (Phi) is 4.24. The normalized spacial score (nSPS) is 13.5. The third kappa shape index (κ3) is 3.13. The Hall–Kier alpha value is -1.11. The molecule has 0 bridgehead atoms. The van der Waals surface area contributed by atoms with Crippen LogP contribution in [0.25, 0.3) is 0 Å². The summed E-state index contributed by atoms with van der Waals surface area (Å²) in [6, 6.07) is 4.09. The maximum absolute atomic E-state index is 5.62. The number of nitrogens with zero attached hydrogens (tertiary/aromatic N) is 1. The van der Waals surface area contributed by atoms with Gasteiger partial charge in [0.2, 0.25) is 0 Å². The van der Waals surface area contributed by atoms with E-state index in [1.54, 1.807) is 11.3 Å². The van der Waals surface area contributed by atoms with Gasteiger partial charge < -0.3 is 14.8 Å². The highest BCUT2D eigenvalue weighted by molar-refractivity contribution is 9.10. The summed E-state index contributed by atoms with van der Waals surface area (Å²) in [5, 5.41) is 4.51. The second-order valence-corrected chi connectivity index (χ2v) is 6.74. The number of hydrogen-bond acceptors (Lipinski definition) is 5. The Labute approximate surface area is 130 Å². The molecular formula is C14H15BrN2O2S. The van der Waals surface area contributed by atoms with Crippen LogP contribution in [0, 0.1) is 6.92 Å². The summed E-state index contributed by atoms with van der Waals surface area (Å²) in [6.45, 7) is 4.83. The van der Waals surface area contributed by atoms with Crippen LogP contribution in [0.1, 0.15) is 15.4 Å². The molecule has 1 aliphatic heterocycles. The molecule has 0 atom stereocenters. The molecule has 0 fully saturated rings. The number of benzene rings is 1. The predicted molar refractivity (Wildman–Crippen MR) is 82.5 cm³/mol. The zero-order valence-electron chi connectivity index (χ0n) is 11.1. The molecule has 0 amide bonds. The Morgan fingerprint density at radius 1 is 1.30 bits per heavy atom. The van der Waals surface area contributed by atoms with Gasteiger partial charge in [-0.3, -0.25) is 0 Å². The van der Waals surface area contributed by atoms with Crippen molar-refractivity contribution in [3.05, 3.63) is 38.3 Å². The van der Waals surface area contributed by atoms with Gasteiger partial charge >= 0.3 is 0 Å². The van der Waals surface area contributed by atoms with Crippen molar-refractivity contribution in [3.63, 3.8) is 0 Å². The van der Waals surface area contributed by atoms with Crippen molar-refractivity contribution < 1.29 is 9.47 Å². The van der Waals surface area contributed by atoms with Crippen LogP contribution >= 0.6 is 27.3 Å². The largest absolute Gasteiger partial charge is 0.486 e. The van der Waals surface area contributed by atoms with Gasteiger partial charge in [0.25, 0.3) is 0 Å². The van der Waals surface area contributed by atoms with Gasteiger partial charge in [-0.2, -0.15) is 0 Å². The number of thiazole rings is 1. The SMILES string of the molecule is Cc1cnc(CNCc2cc(Br)c3c(c2)OCCO3)s1. The average Bonchev–Trinajstić information content (AvgIpc) is 2.85. The highest BCUT2D eigenvalue weighted by Gasteiger charge is 2.16. The van der Waals surface area contributed by atoms with Crippen molar-refractivity contribution in [2.45, 2.75) is 20.0 Å². The summed E-state index contributed by atoms with van der Waals surface area (Å²) < 4.78 is 12.1. The molecular weight excluding hydrogens is 340 g/mol. The minimum absolute atomic E-state index is 0.604. The molecule has 1 aromatic carbocycles. The van der Waals surface area contributed by atoms with Gasteiger partial charge in [-0.05, 0) is 40.5 Å². The van der Waals surface area contributed by atoms with Crippen molar-refractivity contribution >= 4 is 27.3 Å². The zero-order chi connectivity index (χ0) is 13.9. The fraction of sp³-hybridized carbons (Fsp3) is 0.357. The molecule has 106 valence electrons. The van der Waals surface area contributed by atoms with E-state index >= 15 is 0 Å². The third-order valence-corrected chi connectivity index (χ3v) is 4.43. The van der Waals surface area contributed by atoms with Gasteiger partial charge in [-0.1, -0.05) is 0 Å². The number of hydrogen-bond donors (Lipinski definition) is 1. The number of rotatable bonds is 4. The van der Waals surface area contributed by atoms with Gasteiger partial charge in [0.15, 0.2) is 11.5 Å². The van der Waals surface area contributed by atoms with Crippen molar-refractivity contribution in [3.8, 4) is 11.5 Å². The monoisotopic (exact) mass is 354 g/mol. The number of halogens is 1. The van der Waals surface area contributed by atoms with Crippen LogP contribution in [0.15, 0.2) is 22.8 Å². The van der Waals surface area contributed by atoms with E-state index in [1.807, 2.05) is 12.3 Å². The van der Waals surface area contributed by atoms with E-state index < -0.39 is 0 Å². The highest BCUT2D eigenvalue weighted by Crippen LogP contribution is 2.38. The number of aromatic nitrogens is 1. The van der Waals surface area contributed by atoms with E-state index in [4.69, 9.17) is 9.47 Å². The van der Waals surface area contributed by atoms with E-state index in [9.17, 15) is 0 Å². The first-order valence-electron chi connectivity index (χ1n) is 6.42. The lowest BCUT2D eigenvalue weighted by molar-refractivity contribution is 0.170. The summed E-state index contributed by atoms with van der Waals surface area (Å²) in [5.41, 5.74) is 1.16. The number of aryl methyl sites for hydroxylation is 1. The first-order valence-corrected chi connectivity index (χ1v) is 8.03. The van der Waals surface area contributed by atoms with Gasteiger partial charge in [-0.15, -0.1) is 11.3 Å². The number of ether oxygens (including phenoxy) is 2. The van der Waals surface area contributed by atoms with Crippen LogP contribution in [0.4, 0.5) is 0 Å². The van der Waals surface area contributed by atoms with E-state index in [2.05, 4.69) is 39.2 Å².